The number of nitrogens with zero attached hydrogens (tertiary/aromatic N) is 5. The SMILES string of the molecule is CC[C@@H](Nc1cc(-c2nc(N3CCNCC3)c3c(C4CC4)cncc3n2)ccn1)c1ccccc1. The monoisotopic (exact) mass is 465 g/mol. The summed E-state index contributed by atoms with van der Waals surface area (Å²) in [6.45, 7) is 6.00. The Morgan fingerprint density at radius 2 is 1.89 bits per heavy atom. The number of anilines is 2. The average Bonchev–Trinajstić information content (AvgIpc) is 3.77. The first-order valence-corrected chi connectivity index (χ1v) is 12.7. The topological polar surface area (TPSA) is 78.9 Å². The highest BCUT2D eigenvalue weighted by molar-refractivity contribution is 5.94. The maximum absolute atomic E-state index is 5.17. The van der Waals surface area contributed by atoms with E-state index >= 15 is 0 Å². The van der Waals surface area contributed by atoms with Crippen LogP contribution in [0, 0.1) is 0 Å². The highest BCUT2D eigenvalue weighted by Gasteiger charge is 2.29. The molecule has 1 aromatic carbocycles. The van der Waals surface area contributed by atoms with E-state index in [0.29, 0.717) is 5.92 Å². The van der Waals surface area contributed by atoms with Crippen molar-refractivity contribution in [3.8, 4) is 11.4 Å². The highest BCUT2D eigenvalue weighted by atomic mass is 15.2. The number of nitrogens with one attached hydrogen (secondary N) is 2. The van der Waals surface area contributed by atoms with Crippen LogP contribution in [0.2, 0.25) is 0 Å². The highest BCUT2D eigenvalue weighted by Crippen LogP contribution is 2.44. The van der Waals surface area contributed by atoms with E-state index in [4.69, 9.17) is 9.97 Å². The molecule has 1 aliphatic heterocycles. The Morgan fingerprint density at radius 1 is 1.06 bits per heavy atom. The lowest BCUT2D eigenvalue weighted by Gasteiger charge is -2.30. The summed E-state index contributed by atoms with van der Waals surface area (Å²) in [5.74, 6) is 3.18. The predicted molar refractivity (Wildman–Crippen MR) is 141 cm³/mol. The minimum atomic E-state index is 0.193. The molecule has 1 saturated heterocycles. The molecule has 1 saturated carbocycles. The lowest BCUT2D eigenvalue weighted by molar-refractivity contribution is 0.586. The van der Waals surface area contributed by atoms with E-state index in [1.165, 1.54) is 29.4 Å². The third-order valence-electron chi connectivity index (χ3n) is 7.00. The molecule has 4 aromatic rings. The van der Waals surface area contributed by atoms with Crippen molar-refractivity contribution in [3.05, 3.63) is 72.2 Å². The van der Waals surface area contributed by atoms with Crippen molar-refractivity contribution in [2.75, 3.05) is 36.4 Å². The van der Waals surface area contributed by atoms with E-state index in [-0.39, 0.29) is 6.04 Å². The maximum Gasteiger partial charge on any atom is 0.162 e. The molecule has 1 aliphatic carbocycles. The van der Waals surface area contributed by atoms with Crippen molar-refractivity contribution in [2.45, 2.75) is 38.1 Å². The van der Waals surface area contributed by atoms with E-state index in [1.807, 2.05) is 30.7 Å². The fourth-order valence-electron chi connectivity index (χ4n) is 4.96. The molecule has 0 radical (unpaired) electrons. The molecule has 7 nitrogen and oxygen atoms in total. The van der Waals surface area contributed by atoms with Crippen LogP contribution < -0.4 is 15.5 Å². The van der Waals surface area contributed by atoms with E-state index < -0.39 is 0 Å². The number of hydrogen-bond donors (Lipinski definition) is 2. The van der Waals surface area contributed by atoms with Gasteiger partial charge in [0.2, 0.25) is 0 Å². The minimum absolute atomic E-state index is 0.193. The molecule has 0 unspecified atom stereocenters. The molecule has 6 rings (SSSR count). The quantitative estimate of drug-likeness (QED) is 0.400. The van der Waals surface area contributed by atoms with Crippen LogP contribution in [0.3, 0.4) is 0 Å². The minimum Gasteiger partial charge on any atom is -0.363 e. The molecular formula is C28H31N7. The van der Waals surface area contributed by atoms with Gasteiger partial charge < -0.3 is 15.5 Å². The molecule has 0 amide bonds. The van der Waals surface area contributed by atoms with Crippen LogP contribution >= 0.6 is 0 Å². The molecular weight excluding hydrogens is 434 g/mol. The molecule has 0 bridgehead atoms. The maximum atomic E-state index is 5.17. The Hall–Kier alpha value is -3.58. The van der Waals surface area contributed by atoms with Gasteiger partial charge in [-0.3, -0.25) is 4.98 Å². The molecule has 35 heavy (non-hydrogen) atoms. The van der Waals surface area contributed by atoms with Gasteiger partial charge in [-0.05, 0) is 48.4 Å². The summed E-state index contributed by atoms with van der Waals surface area (Å²) in [5.41, 5.74) is 4.44. The van der Waals surface area contributed by atoms with Crippen molar-refractivity contribution in [1.29, 1.82) is 0 Å². The Balaban J connectivity index is 1.40. The van der Waals surface area contributed by atoms with Crippen LogP contribution in [0.4, 0.5) is 11.6 Å². The second-order valence-corrected chi connectivity index (χ2v) is 9.45. The number of aromatic nitrogens is 4. The number of benzene rings is 1. The van der Waals surface area contributed by atoms with Gasteiger partial charge in [-0.1, -0.05) is 37.3 Å². The van der Waals surface area contributed by atoms with Gasteiger partial charge in [0.05, 0.1) is 17.8 Å². The van der Waals surface area contributed by atoms with Crippen molar-refractivity contribution >= 4 is 22.5 Å². The van der Waals surface area contributed by atoms with E-state index in [0.717, 1.165) is 61.1 Å². The van der Waals surface area contributed by atoms with Gasteiger partial charge in [-0.25, -0.2) is 15.0 Å². The van der Waals surface area contributed by atoms with Gasteiger partial charge in [-0.15, -0.1) is 0 Å². The summed E-state index contributed by atoms with van der Waals surface area (Å²) in [7, 11) is 0. The second-order valence-electron chi connectivity index (χ2n) is 9.45. The fourth-order valence-corrected chi connectivity index (χ4v) is 4.96. The van der Waals surface area contributed by atoms with Gasteiger partial charge in [0, 0.05) is 49.5 Å². The molecule has 2 N–H and O–H groups in total. The van der Waals surface area contributed by atoms with Crippen LogP contribution in [0.1, 0.15) is 49.3 Å². The van der Waals surface area contributed by atoms with Crippen molar-refractivity contribution in [2.24, 2.45) is 0 Å². The predicted octanol–water partition coefficient (Wildman–Crippen LogP) is 4.94. The van der Waals surface area contributed by atoms with Gasteiger partial charge >= 0.3 is 0 Å². The number of hydrogen-bond acceptors (Lipinski definition) is 7. The third-order valence-corrected chi connectivity index (χ3v) is 7.00. The summed E-state index contributed by atoms with van der Waals surface area (Å²) in [6.07, 6.45) is 9.17. The van der Waals surface area contributed by atoms with E-state index in [1.54, 1.807) is 0 Å². The molecule has 3 aromatic heterocycles. The zero-order valence-corrected chi connectivity index (χ0v) is 20.1. The van der Waals surface area contributed by atoms with Crippen molar-refractivity contribution in [1.82, 2.24) is 25.3 Å². The molecule has 7 heteroatoms. The van der Waals surface area contributed by atoms with Gasteiger partial charge in [0.25, 0.3) is 0 Å². The largest absolute Gasteiger partial charge is 0.363 e. The van der Waals surface area contributed by atoms with Crippen LogP contribution in [0.5, 0.6) is 0 Å². The summed E-state index contributed by atoms with van der Waals surface area (Å²) in [5, 5.41) is 8.24. The van der Waals surface area contributed by atoms with Crippen LogP contribution in [0.25, 0.3) is 22.3 Å². The third kappa shape index (κ3) is 4.56. The normalized spacial score (nSPS) is 16.9. The molecule has 178 valence electrons. The number of fused-ring (bicyclic) bond motifs is 1. The molecule has 4 heterocycles. The number of pyridine rings is 2. The van der Waals surface area contributed by atoms with E-state index in [9.17, 15) is 0 Å². The summed E-state index contributed by atoms with van der Waals surface area (Å²) < 4.78 is 0. The first kappa shape index (κ1) is 21.9. The smallest absolute Gasteiger partial charge is 0.162 e. The lowest BCUT2D eigenvalue weighted by atomic mass is 10.0. The zero-order valence-electron chi connectivity index (χ0n) is 20.1. The zero-order chi connectivity index (χ0) is 23.6. The summed E-state index contributed by atoms with van der Waals surface area (Å²) >= 11 is 0. The standard InChI is InChI=1S/C28H31N7/c1-2-23(20-6-4-3-5-7-20)32-25-16-21(10-11-31-25)27-33-24-18-30-17-22(19-8-9-19)26(24)28(34-27)35-14-12-29-13-15-35/h3-7,10-11,16-19,23,29H,2,8-9,12-15H2,1H3,(H,31,32)/t23-/m1/s1. The Morgan fingerprint density at radius 3 is 2.66 bits per heavy atom. The van der Waals surface area contributed by atoms with Crippen LogP contribution in [0.15, 0.2) is 61.1 Å². The molecule has 1 atom stereocenters. The number of piperazine rings is 1. The van der Waals surface area contributed by atoms with Crippen LogP contribution in [-0.4, -0.2) is 46.1 Å². The molecule has 2 fully saturated rings. The lowest BCUT2D eigenvalue weighted by Crippen LogP contribution is -2.44. The Labute approximate surface area is 206 Å². The second kappa shape index (κ2) is 9.58. The summed E-state index contributed by atoms with van der Waals surface area (Å²) in [6, 6.07) is 14.8. The van der Waals surface area contributed by atoms with Crippen molar-refractivity contribution < 1.29 is 0 Å². The van der Waals surface area contributed by atoms with E-state index in [2.05, 4.69) is 62.8 Å². The number of rotatable bonds is 7. The molecule has 2 aliphatic rings. The fraction of sp³-hybridized carbons (Fsp3) is 0.357. The van der Waals surface area contributed by atoms with Crippen LogP contribution in [-0.2, 0) is 0 Å². The van der Waals surface area contributed by atoms with Gasteiger partial charge in [0.15, 0.2) is 5.82 Å². The Kier molecular flexibility index (Phi) is 6.00. The summed E-state index contributed by atoms with van der Waals surface area (Å²) in [4.78, 5) is 21.7. The Bertz CT molecular complexity index is 1310. The molecule has 0 spiro atoms. The average molecular weight is 466 g/mol. The first-order chi connectivity index (χ1) is 17.3. The first-order valence-electron chi connectivity index (χ1n) is 12.7. The van der Waals surface area contributed by atoms with Gasteiger partial charge in [0.1, 0.15) is 11.6 Å². The van der Waals surface area contributed by atoms with Gasteiger partial charge in [-0.2, -0.15) is 0 Å². The van der Waals surface area contributed by atoms with Crippen molar-refractivity contribution in [3.63, 3.8) is 0 Å².